The molecule has 2 unspecified atom stereocenters. The molecule has 0 radical (unpaired) electrons. The molecule has 2 atom stereocenters. The van der Waals surface area contributed by atoms with E-state index in [9.17, 15) is 4.79 Å². The van der Waals surface area contributed by atoms with Crippen molar-refractivity contribution in [3.05, 3.63) is 0 Å². The number of likely N-dealkylation sites (tertiary alicyclic amines) is 1. The lowest BCUT2D eigenvalue weighted by Crippen LogP contribution is -2.43. The first-order chi connectivity index (χ1) is 6.60. The molecule has 0 bridgehead atoms. The molecule has 1 aliphatic heterocycles. The molecule has 0 spiro atoms. The van der Waals surface area contributed by atoms with Crippen LogP contribution >= 0.6 is 0 Å². The van der Waals surface area contributed by atoms with Gasteiger partial charge in [-0.2, -0.15) is 0 Å². The lowest BCUT2D eigenvalue weighted by Gasteiger charge is -2.28. The predicted octanol–water partition coefficient (Wildman–Crippen LogP) is 0.343. The molecule has 82 valence electrons. The number of aliphatic carboxylic acids is 1. The maximum Gasteiger partial charge on any atom is 0.309 e. The second kappa shape index (κ2) is 4.75. The normalized spacial score (nSPS) is 28.6. The summed E-state index contributed by atoms with van der Waals surface area (Å²) in [7, 11) is 1.99. The molecule has 1 fully saturated rings. The molecule has 1 aliphatic rings. The Hall–Kier alpha value is -0.610. The first kappa shape index (κ1) is 11.5. The summed E-state index contributed by atoms with van der Waals surface area (Å²) in [5, 5.41) is 9.09. The molecule has 1 N–H and O–H groups in total. The van der Waals surface area contributed by atoms with Crippen molar-refractivity contribution < 1.29 is 9.90 Å². The van der Waals surface area contributed by atoms with Crippen LogP contribution < -0.4 is 0 Å². The van der Waals surface area contributed by atoms with Crippen molar-refractivity contribution >= 4 is 5.97 Å². The second-order valence-corrected chi connectivity index (χ2v) is 3.95. The number of carbonyl (C=O) groups is 1. The summed E-state index contributed by atoms with van der Waals surface area (Å²) in [4.78, 5) is 15.4. The van der Waals surface area contributed by atoms with E-state index in [0.717, 1.165) is 19.6 Å². The summed E-state index contributed by atoms with van der Waals surface area (Å²) < 4.78 is 0. The molecule has 0 amide bonds. The molecule has 4 nitrogen and oxygen atoms in total. The number of carboxylic acids is 1. The van der Waals surface area contributed by atoms with E-state index in [0.29, 0.717) is 6.54 Å². The molecule has 0 aromatic rings. The van der Waals surface area contributed by atoms with E-state index in [1.54, 1.807) is 0 Å². The minimum absolute atomic E-state index is 0.187. The van der Waals surface area contributed by atoms with Gasteiger partial charge in [-0.15, -0.1) is 0 Å². The third-order valence-electron chi connectivity index (χ3n) is 3.07. The van der Waals surface area contributed by atoms with E-state index in [1.807, 2.05) is 7.05 Å². The van der Waals surface area contributed by atoms with Gasteiger partial charge in [-0.05, 0) is 20.1 Å². The lowest BCUT2D eigenvalue weighted by atomic mass is 10.0. The average Bonchev–Trinajstić information content (AvgIpc) is 2.50. The SMILES string of the molecule is CCN(CC)C1CN(C)CC1C(=O)O. The van der Waals surface area contributed by atoms with Crippen LogP contribution in [0, 0.1) is 5.92 Å². The van der Waals surface area contributed by atoms with Crippen LogP contribution in [0.4, 0.5) is 0 Å². The van der Waals surface area contributed by atoms with Crippen LogP contribution in [0.1, 0.15) is 13.8 Å². The van der Waals surface area contributed by atoms with Gasteiger partial charge >= 0.3 is 5.97 Å². The van der Waals surface area contributed by atoms with Crippen LogP contribution in [-0.4, -0.2) is 60.1 Å². The van der Waals surface area contributed by atoms with Crippen molar-refractivity contribution in [1.82, 2.24) is 9.80 Å². The Bertz CT molecular complexity index is 204. The van der Waals surface area contributed by atoms with Crippen molar-refractivity contribution in [3.63, 3.8) is 0 Å². The van der Waals surface area contributed by atoms with Gasteiger partial charge in [-0.3, -0.25) is 9.69 Å². The molecule has 0 aromatic heterocycles. The fourth-order valence-electron chi connectivity index (χ4n) is 2.28. The van der Waals surface area contributed by atoms with E-state index in [4.69, 9.17) is 5.11 Å². The number of likely N-dealkylation sites (N-methyl/N-ethyl adjacent to an activating group) is 2. The van der Waals surface area contributed by atoms with Gasteiger partial charge in [-0.25, -0.2) is 0 Å². The van der Waals surface area contributed by atoms with E-state index < -0.39 is 5.97 Å². The van der Waals surface area contributed by atoms with Gasteiger partial charge < -0.3 is 10.0 Å². The highest BCUT2D eigenvalue weighted by molar-refractivity contribution is 5.71. The summed E-state index contributed by atoms with van der Waals surface area (Å²) in [6.07, 6.45) is 0. The Balaban J connectivity index is 2.69. The van der Waals surface area contributed by atoms with Crippen molar-refractivity contribution in [1.29, 1.82) is 0 Å². The minimum Gasteiger partial charge on any atom is -0.481 e. The Morgan fingerprint density at radius 3 is 2.43 bits per heavy atom. The van der Waals surface area contributed by atoms with Crippen molar-refractivity contribution in [2.75, 3.05) is 33.2 Å². The quantitative estimate of drug-likeness (QED) is 0.711. The van der Waals surface area contributed by atoms with Crippen molar-refractivity contribution in [2.45, 2.75) is 19.9 Å². The molecular weight excluding hydrogens is 180 g/mol. The number of hydrogen-bond donors (Lipinski definition) is 1. The van der Waals surface area contributed by atoms with Gasteiger partial charge in [0.2, 0.25) is 0 Å². The minimum atomic E-state index is -0.661. The van der Waals surface area contributed by atoms with E-state index in [1.165, 1.54) is 0 Å². The first-order valence-electron chi connectivity index (χ1n) is 5.25. The van der Waals surface area contributed by atoms with Crippen molar-refractivity contribution in [3.8, 4) is 0 Å². The molecule has 0 aromatic carbocycles. The first-order valence-corrected chi connectivity index (χ1v) is 5.25. The van der Waals surface area contributed by atoms with Gasteiger partial charge in [-0.1, -0.05) is 13.8 Å². The Labute approximate surface area is 85.5 Å². The van der Waals surface area contributed by atoms with Crippen LogP contribution in [0.15, 0.2) is 0 Å². The standard InChI is InChI=1S/C10H20N2O2/c1-4-12(5-2)9-7-11(3)6-8(9)10(13)14/h8-9H,4-7H2,1-3H3,(H,13,14). The summed E-state index contributed by atoms with van der Waals surface area (Å²) in [5.74, 6) is -0.883. The summed E-state index contributed by atoms with van der Waals surface area (Å²) in [6.45, 7) is 7.58. The fourth-order valence-corrected chi connectivity index (χ4v) is 2.28. The highest BCUT2D eigenvalue weighted by Crippen LogP contribution is 2.20. The van der Waals surface area contributed by atoms with Gasteiger partial charge in [0.15, 0.2) is 0 Å². The van der Waals surface area contributed by atoms with Gasteiger partial charge in [0.05, 0.1) is 5.92 Å². The molecule has 14 heavy (non-hydrogen) atoms. The van der Waals surface area contributed by atoms with Crippen molar-refractivity contribution in [2.24, 2.45) is 5.92 Å². The third kappa shape index (κ3) is 2.25. The van der Waals surface area contributed by atoms with E-state index in [-0.39, 0.29) is 12.0 Å². The molecule has 1 heterocycles. The van der Waals surface area contributed by atoms with E-state index in [2.05, 4.69) is 23.6 Å². The number of hydrogen-bond acceptors (Lipinski definition) is 3. The smallest absolute Gasteiger partial charge is 0.309 e. The van der Waals surface area contributed by atoms with Gasteiger partial charge in [0, 0.05) is 19.1 Å². The van der Waals surface area contributed by atoms with Crippen LogP contribution in [-0.2, 0) is 4.79 Å². The van der Waals surface area contributed by atoms with Crippen LogP contribution in [0.25, 0.3) is 0 Å². The molecule has 1 saturated heterocycles. The average molecular weight is 200 g/mol. The van der Waals surface area contributed by atoms with E-state index >= 15 is 0 Å². The second-order valence-electron chi connectivity index (χ2n) is 3.95. The molecular formula is C10H20N2O2. The van der Waals surface area contributed by atoms with Crippen LogP contribution in [0.3, 0.4) is 0 Å². The molecule has 0 saturated carbocycles. The fraction of sp³-hybridized carbons (Fsp3) is 0.900. The number of carboxylic acid groups (broad SMARTS) is 1. The zero-order valence-electron chi connectivity index (χ0n) is 9.23. The summed E-state index contributed by atoms with van der Waals surface area (Å²) in [5.41, 5.74) is 0. The highest BCUT2D eigenvalue weighted by atomic mass is 16.4. The molecule has 1 rings (SSSR count). The van der Waals surface area contributed by atoms with Gasteiger partial charge in [0.1, 0.15) is 0 Å². The maximum absolute atomic E-state index is 11.0. The zero-order valence-corrected chi connectivity index (χ0v) is 9.23. The Kier molecular flexibility index (Phi) is 3.89. The number of rotatable bonds is 4. The lowest BCUT2D eigenvalue weighted by molar-refractivity contribution is -0.142. The maximum atomic E-state index is 11.0. The third-order valence-corrected chi connectivity index (χ3v) is 3.07. The zero-order chi connectivity index (χ0) is 10.7. The Morgan fingerprint density at radius 2 is 2.00 bits per heavy atom. The predicted molar refractivity (Wildman–Crippen MR) is 55.3 cm³/mol. The van der Waals surface area contributed by atoms with Gasteiger partial charge in [0.25, 0.3) is 0 Å². The summed E-state index contributed by atoms with van der Waals surface area (Å²) >= 11 is 0. The highest BCUT2D eigenvalue weighted by Gasteiger charge is 2.38. The summed E-state index contributed by atoms with van der Waals surface area (Å²) in [6, 6.07) is 0.187. The van der Waals surface area contributed by atoms with Crippen LogP contribution in [0.5, 0.6) is 0 Å². The molecule has 0 aliphatic carbocycles. The van der Waals surface area contributed by atoms with Crippen LogP contribution in [0.2, 0.25) is 0 Å². The largest absolute Gasteiger partial charge is 0.481 e. The molecule has 4 heteroatoms. The monoisotopic (exact) mass is 200 g/mol. The topological polar surface area (TPSA) is 43.8 Å². The Morgan fingerprint density at radius 1 is 1.43 bits per heavy atom. The number of nitrogens with zero attached hydrogens (tertiary/aromatic N) is 2.